The number of nitrogens with zero attached hydrogens (tertiary/aromatic N) is 4. The summed E-state index contributed by atoms with van der Waals surface area (Å²) >= 11 is 0. The van der Waals surface area contributed by atoms with Crippen molar-refractivity contribution >= 4 is 11.9 Å². The van der Waals surface area contributed by atoms with Gasteiger partial charge in [-0.3, -0.25) is 0 Å². The highest BCUT2D eigenvalue weighted by Gasteiger charge is 2.29. The molecule has 1 saturated heterocycles. The van der Waals surface area contributed by atoms with Crippen LogP contribution in [0.3, 0.4) is 0 Å². The molecule has 1 aromatic carbocycles. The summed E-state index contributed by atoms with van der Waals surface area (Å²) in [5.41, 5.74) is 0.771. The lowest BCUT2D eigenvalue weighted by molar-refractivity contribution is -0.154. The fourth-order valence-corrected chi connectivity index (χ4v) is 2.48. The highest BCUT2D eigenvalue weighted by Crippen LogP contribution is 2.21. The molecule has 1 aliphatic heterocycles. The van der Waals surface area contributed by atoms with Gasteiger partial charge in [0.05, 0.1) is 0 Å². The zero-order valence-corrected chi connectivity index (χ0v) is 13.8. The maximum absolute atomic E-state index is 12.9. The molecule has 0 unspecified atom stereocenters. The molecule has 0 atom stereocenters. The molecule has 10 heteroatoms. The Bertz CT molecular complexity index is 732. The molecule has 2 heterocycles. The first-order valence-electron chi connectivity index (χ1n) is 8.08. The third-order valence-corrected chi connectivity index (χ3v) is 3.72. The maximum Gasteiger partial charge on any atom is 0.422 e. The van der Waals surface area contributed by atoms with E-state index in [1.807, 2.05) is 4.90 Å². The molecule has 0 amide bonds. The van der Waals surface area contributed by atoms with Crippen molar-refractivity contribution in [1.29, 1.82) is 0 Å². The third-order valence-electron chi connectivity index (χ3n) is 3.72. The van der Waals surface area contributed by atoms with Gasteiger partial charge in [0.15, 0.2) is 6.61 Å². The number of hydrogen-bond donors (Lipinski definition) is 1. The van der Waals surface area contributed by atoms with Crippen LogP contribution in [0.25, 0.3) is 0 Å². The predicted octanol–water partition coefficient (Wildman–Crippen LogP) is 3.16. The summed E-state index contributed by atoms with van der Waals surface area (Å²) in [6, 6.07) is 5.43. The predicted molar refractivity (Wildman–Crippen MR) is 86.6 cm³/mol. The van der Waals surface area contributed by atoms with E-state index in [4.69, 9.17) is 0 Å². The number of benzene rings is 1. The second-order valence-corrected chi connectivity index (χ2v) is 5.82. The third kappa shape index (κ3) is 5.17. The molecule has 2 aromatic rings. The molecule has 0 bridgehead atoms. The molecule has 0 saturated carbocycles. The van der Waals surface area contributed by atoms with Crippen LogP contribution >= 0.6 is 0 Å². The van der Waals surface area contributed by atoms with E-state index in [2.05, 4.69) is 25.0 Å². The zero-order valence-electron chi connectivity index (χ0n) is 13.8. The Morgan fingerprint density at radius 1 is 1.04 bits per heavy atom. The van der Waals surface area contributed by atoms with Crippen molar-refractivity contribution in [2.75, 3.05) is 29.9 Å². The maximum atomic E-state index is 12.9. The number of ether oxygens (including phenoxy) is 1. The van der Waals surface area contributed by atoms with Crippen molar-refractivity contribution in [3.05, 3.63) is 35.6 Å². The average molecular weight is 371 g/mol. The molecule has 1 fully saturated rings. The number of nitrogens with one attached hydrogen (secondary N) is 1. The lowest BCUT2D eigenvalue weighted by atomic mass is 10.2. The average Bonchev–Trinajstić information content (AvgIpc) is 3.13. The summed E-state index contributed by atoms with van der Waals surface area (Å²) in [5, 5.41) is 2.91. The molecular formula is C16H17F4N5O. The largest absolute Gasteiger partial charge is 0.454 e. The zero-order chi connectivity index (χ0) is 18.6. The fourth-order valence-electron chi connectivity index (χ4n) is 2.48. The summed E-state index contributed by atoms with van der Waals surface area (Å²) in [6.07, 6.45) is -2.56. The molecule has 0 radical (unpaired) electrons. The van der Waals surface area contributed by atoms with Gasteiger partial charge >= 0.3 is 12.2 Å². The number of hydrogen-bond acceptors (Lipinski definition) is 6. The molecule has 1 N–H and O–H groups in total. The Balaban J connectivity index is 1.75. The van der Waals surface area contributed by atoms with E-state index in [0.29, 0.717) is 0 Å². The number of aromatic nitrogens is 3. The van der Waals surface area contributed by atoms with Gasteiger partial charge in [0.1, 0.15) is 5.82 Å². The molecule has 0 spiro atoms. The molecular weight excluding hydrogens is 354 g/mol. The van der Waals surface area contributed by atoms with Gasteiger partial charge < -0.3 is 15.0 Å². The first-order valence-corrected chi connectivity index (χ1v) is 8.08. The number of halogens is 4. The molecule has 1 aromatic heterocycles. The molecule has 1 aliphatic rings. The van der Waals surface area contributed by atoms with Gasteiger partial charge in [-0.15, -0.1) is 0 Å². The van der Waals surface area contributed by atoms with Gasteiger partial charge in [0, 0.05) is 19.6 Å². The number of anilines is 2. The standard InChI is InChI=1S/C16H17F4N5O/c17-12-5-3-11(4-6-12)9-21-13-22-14(25-7-1-2-8-25)24-15(23-13)26-10-16(18,19)20/h3-6H,1-2,7-10H2,(H,21,22,23,24). The van der Waals surface area contributed by atoms with E-state index in [-0.39, 0.29) is 30.3 Å². The van der Waals surface area contributed by atoms with Crippen molar-refractivity contribution in [3.8, 4) is 6.01 Å². The van der Waals surface area contributed by atoms with Crippen LogP contribution in [0.5, 0.6) is 6.01 Å². The van der Waals surface area contributed by atoms with Crippen LogP contribution in [-0.2, 0) is 6.54 Å². The molecule has 140 valence electrons. The van der Waals surface area contributed by atoms with E-state index < -0.39 is 12.8 Å². The van der Waals surface area contributed by atoms with E-state index in [9.17, 15) is 17.6 Å². The van der Waals surface area contributed by atoms with E-state index in [1.54, 1.807) is 12.1 Å². The quantitative estimate of drug-likeness (QED) is 0.787. The molecule has 0 aliphatic carbocycles. The summed E-state index contributed by atoms with van der Waals surface area (Å²) in [6.45, 7) is 0.247. The Morgan fingerprint density at radius 3 is 2.38 bits per heavy atom. The minimum absolute atomic E-state index is 0.100. The second-order valence-electron chi connectivity index (χ2n) is 5.82. The summed E-state index contributed by atoms with van der Waals surface area (Å²) in [7, 11) is 0. The molecule has 6 nitrogen and oxygen atoms in total. The Hall–Kier alpha value is -2.65. The summed E-state index contributed by atoms with van der Waals surface area (Å²) < 4.78 is 54.8. The van der Waals surface area contributed by atoms with Crippen LogP contribution in [0.15, 0.2) is 24.3 Å². The van der Waals surface area contributed by atoms with Crippen molar-refractivity contribution in [2.45, 2.75) is 25.6 Å². The number of alkyl halides is 3. The van der Waals surface area contributed by atoms with Crippen LogP contribution in [0, 0.1) is 5.82 Å². The number of rotatable bonds is 6. The van der Waals surface area contributed by atoms with Crippen molar-refractivity contribution < 1.29 is 22.3 Å². The van der Waals surface area contributed by atoms with Crippen LogP contribution < -0.4 is 15.0 Å². The van der Waals surface area contributed by atoms with Gasteiger partial charge in [0.2, 0.25) is 11.9 Å². The van der Waals surface area contributed by atoms with E-state index in [0.717, 1.165) is 31.5 Å². The second kappa shape index (κ2) is 7.71. The summed E-state index contributed by atoms with van der Waals surface area (Å²) in [4.78, 5) is 14.0. The highest BCUT2D eigenvalue weighted by molar-refractivity contribution is 5.39. The van der Waals surface area contributed by atoms with Gasteiger partial charge in [0.25, 0.3) is 0 Å². The van der Waals surface area contributed by atoms with Crippen LogP contribution in [-0.4, -0.2) is 40.8 Å². The Kier molecular flexibility index (Phi) is 5.38. The van der Waals surface area contributed by atoms with Gasteiger partial charge in [-0.1, -0.05) is 12.1 Å². The fraction of sp³-hybridized carbons (Fsp3) is 0.438. The Morgan fingerprint density at radius 2 is 1.73 bits per heavy atom. The minimum Gasteiger partial charge on any atom is -0.454 e. The van der Waals surface area contributed by atoms with Gasteiger partial charge in [-0.25, -0.2) is 4.39 Å². The first-order chi connectivity index (χ1) is 12.4. The van der Waals surface area contributed by atoms with Crippen molar-refractivity contribution in [2.24, 2.45) is 0 Å². The van der Waals surface area contributed by atoms with Crippen LogP contribution in [0.2, 0.25) is 0 Å². The minimum atomic E-state index is -4.48. The molecule has 26 heavy (non-hydrogen) atoms. The van der Waals surface area contributed by atoms with Gasteiger partial charge in [-0.05, 0) is 30.5 Å². The monoisotopic (exact) mass is 371 g/mol. The summed E-state index contributed by atoms with van der Waals surface area (Å²) in [5.74, 6) is 0.0211. The smallest absolute Gasteiger partial charge is 0.422 e. The normalized spacial score (nSPS) is 14.5. The SMILES string of the molecule is Fc1ccc(CNc2nc(OCC(F)(F)F)nc(N3CCCC3)n2)cc1. The lowest BCUT2D eigenvalue weighted by Crippen LogP contribution is -2.24. The lowest BCUT2D eigenvalue weighted by Gasteiger charge is -2.17. The topological polar surface area (TPSA) is 63.2 Å². The van der Waals surface area contributed by atoms with Crippen molar-refractivity contribution in [1.82, 2.24) is 15.0 Å². The first kappa shape index (κ1) is 18.2. The van der Waals surface area contributed by atoms with Crippen LogP contribution in [0.1, 0.15) is 18.4 Å². The van der Waals surface area contributed by atoms with Crippen molar-refractivity contribution in [3.63, 3.8) is 0 Å². The van der Waals surface area contributed by atoms with E-state index >= 15 is 0 Å². The van der Waals surface area contributed by atoms with Gasteiger partial charge in [-0.2, -0.15) is 28.1 Å². The Labute approximate surface area is 147 Å². The van der Waals surface area contributed by atoms with Crippen LogP contribution in [0.4, 0.5) is 29.5 Å². The molecule has 3 rings (SSSR count). The van der Waals surface area contributed by atoms with E-state index in [1.165, 1.54) is 12.1 Å². The highest BCUT2D eigenvalue weighted by atomic mass is 19.4.